The Morgan fingerprint density at radius 3 is 2.80 bits per heavy atom. The second-order valence-electron chi connectivity index (χ2n) is 5.55. The first kappa shape index (κ1) is 13.3. The minimum absolute atomic E-state index is 0.500. The van der Waals surface area contributed by atoms with Crippen molar-refractivity contribution in [2.45, 2.75) is 25.8 Å². The maximum absolute atomic E-state index is 5.36. The van der Waals surface area contributed by atoms with E-state index in [0.29, 0.717) is 6.04 Å². The van der Waals surface area contributed by atoms with Crippen LogP contribution in [0.3, 0.4) is 0 Å². The van der Waals surface area contributed by atoms with E-state index >= 15 is 0 Å². The van der Waals surface area contributed by atoms with Gasteiger partial charge in [0.15, 0.2) is 0 Å². The van der Waals surface area contributed by atoms with Crippen LogP contribution in [0.1, 0.15) is 18.4 Å². The van der Waals surface area contributed by atoms with Gasteiger partial charge in [-0.3, -0.25) is 0 Å². The van der Waals surface area contributed by atoms with E-state index in [9.17, 15) is 0 Å². The third-order valence-corrected chi connectivity index (χ3v) is 4.11. The topological polar surface area (TPSA) is 28.3 Å². The van der Waals surface area contributed by atoms with Crippen molar-refractivity contribution in [3.8, 4) is 11.3 Å². The lowest BCUT2D eigenvalue weighted by Crippen LogP contribution is -2.32. The van der Waals surface area contributed by atoms with Crippen LogP contribution in [-0.2, 0) is 4.74 Å². The van der Waals surface area contributed by atoms with Gasteiger partial charge in [-0.05, 0) is 25.8 Å². The highest BCUT2D eigenvalue weighted by atomic mass is 16.5. The summed E-state index contributed by atoms with van der Waals surface area (Å²) in [5.41, 5.74) is 5.06. The molecule has 2 heterocycles. The van der Waals surface area contributed by atoms with Gasteiger partial charge in [0.25, 0.3) is 0 Å². The molecule has 0 unspecified atom stereocenters. The molecule has 2 aromatic rings. The van der Waals surface area contributed by atoms with Crippen LogP contribution in [0.4, 0.5) is 5.69 Å². The van der Waals surface area contributed by atoms with Gasteiger partial charge in [0.2, 0.25) is 0 Å². The fourth-order valence-corrected chi connectivity index (χ4v) is 3.07. The highest BCUT2D eigenvalue weighted by molar-refractivity contribution is 5.76. The fourth-order valence-electron chi connectivity index (χ4n) is 3.07. The summed E-state index contributed by atoms with van der Waals surface area (Å²) in [6.07, 6.45) is 4.49. The number of aromatic nitrogens is 1. The zero-order valence-corrected chi connectivity index (χ0v) is 12.2. The number of methoxy groups -OCH3 is 1. The maximum atomic E-state index is 5.36. The molecule has 1 aliphatic heterocycles. The third kappa shape index (κ3) is 2.46. The predicted octanol–water partition coefficient (Wildman–Crippen LogP) is 3.61. The van der Waals surface area contributed by atoms with Crippen LogP contribution >= 0.6 is 0 Å². The van der Waals surface area contributed by atoms with Crippen LogP contribution in [0.25, 0.3) is 11.3 Å². The van der Waals surface area contributed by atoms with Gasteiger partial charge in [0.1, 0.15) is 0 Å². The van der Waals surface area contributed by atoms with E-state index < -0.39 is 0 Å². The van der Waals surface area contributed by atoms with Crippen LogP contribution in [0.15, 0.2) is 36.5 Å². The monoisotopic (exact) mass is 270 g/mol. The van der Waals surface area contributed by atoms with Gasteiger partial charge in [0.05, 0.1) is 24.0 Å². The van der Waals surface area contributed by atoms with Gasteiger partial charge in [-0.1, -0.05) is 29.8 Å². The van der Waals surface area contributed by atoms with Crippen LogP contribution in [-0.4, -0.2) is 31.3 Å². The van der Waals surface area contributed by atoms with Crippen molar-refractivity contribution in [1.29, 1.82) is 0 Å². The van der Waals surface area contributed by atoms with E-state index in [4.69, 9.17) is 4.74 Å². The Morgan fingerprint density at radius 2 is 2.05 bits per heavy atom. The van der Waals surface area contributed by atoms with Crippen LogP contribution in [0.2, 0.25) is 0 Å². The molecule has 0 aliphatic carbocycles. The van der Waals surface area contributed by atoms with Crippen molar-refractivity contribution >= 4 is 5.69 Å². The second kappa shape index (κ2) is 5.71. The zero-order valence-electron chi connectivity index (χ0n) is 12.2. The Labute approximate surface area is 120 Å². The number of aryl methyl sites for hydroxylation is 1. The van der Waals surface area contributed by atoms with Crippen molar-refractivity contribution in [2.24, 2.45) is 0 Å². The number of hydrogen-bond acceptors (Lipinski definition) is 2. The summed E-state index contributed by atoms with van der Waals surface area (Å²) >= 11 is 0. The zero-order chi connectivity index (χ0) is 13.9. The number of nitrogens with zero attached hydrogens (tertiary/aromatic N) is 1. The largest absolute Gasteiger partial charge is 0.383 e. The van der Waals surface area contributed by atoms with E-state index in [1.165, 1.54) is 35.3 Å². The summed E-state index contributed by atoms with van der Waals surface area (Å²) < 4.78 is 5.36. The minimum Gasteiger partial charge on any atom is -0.383 e. The Kier molecular flexibility index (Phi) is 3.79. The van der Waals surface area contributed by atoms with E-state index in [2.05, 4.69) is 47.1 Å². The van der Waals surface area contributed by atoms with Gasteiger partial charge in [-0.25, -0.2) is 0 Å². The van der Waals surface area contributed by atoms with Gasteiger partial charge in [-0.15, -0.1) is 0 Å². The summed E-state index contributed by atoms with van der Waals surface area (Å²) in [5.74, 6) is 0. The van der Waals surface area contributed by atoms with Gasteiger partial charge in [-0.2, -0.15) is 0 Å². The molecular formula is C17H22N2O. The third-order valence-electron chi connectivity index (χ3n) is 4.11. The second-order valence-corrected chi connectivity index (χ2v) is 5.55. The molecule has 106 valence electrons. The molecule has 0 amide bonds. The summed E-state index contributed by atoms with van der Waals surface area (Å²) in [7, 11) is 1.79. The SMILES string of the molecule is COC[C@@H]1CCCN1c1cc[nH]c1-c1ccc(C)cc1. The van der Waals surface area contributed by atoms with Crippen molar-refractivity contribution in [3.63, 3.8) is 0 Å². The molecule has 3 nitrogen and oxygen atoms in total. The number of hydrogen-bond donors (Lipinski definition) is 1. The molecule has 1 aliphatic rings. The number of ether oxygens (including phenoxy) is 1. The Balaban J connectivity index is 1.91. The molecule has 0 spiro atoms. The maximum Gasteiger partial charge on any atom is 0.0691 e. The van der Waals surface area contributed by atoms with Gasteiger partial charge in [0, 0.05) is 25.4 Å². The molecule has 0 radical (unpaired) electrons. The highest BCUT2D eigenvalue weighted by Crippen LogP contribution is 2.34. The molecule has 1 fully saturated rings. The Morgan fingerprint density at radius 1 is 1.25 bits per heavy atom. The molecule has 1 atom stereocenters. The van der Waals surface area contributed by atoms with Crippen molar-refractivity contribution in [3.05, 3.63) is 42.1 Å². The first-order valence-corrected chi connectivity index (χ1v) is 7.29. The lowest BCUT2D eigenvalue weighted by molar-refractivity contribution is 0.181. The van der Waals surface area contributed by atoms with E-state index in [1.54, 1.807) is 7.11 Å². The van der Waals surface area contributed by atoms with Gasteiger partial charge >= 0.3 is 0 Å². The number of benzene rings is 1. The number of anilines is 1. The lowest BCUT2D eigenvalue weighted by Gasteiger charge is -2.26. The number of aromatic amines is 1. The first-order chi connectivity index (χ1) is 9.79. The lowest BCUT2D eigenvalue weighted by atomic mass is 10.1. The summed E-state index contributed by atoms with van der Waals surface area (Å²) in [6, 6.07) is 11.4. The van der Waals surface area contributed by atoms with Crippen molar-refractivity contribution in [1.82, 2.24) is 4.98 Å². The van der Waals surface area contributed by atoms with Crippen LogP contribution in [0.5, 0.6) is 0 Å². The molecule has 1 aromatic carbocycles. The molecule has 1 N–H and O–H groups in total. The first-order valence-electron chi connectivity index (χ1n) is 7.29. The Bertz CT molecular complexity index is 559. The standard InChI is InChI=1S/C17H22N2O/c1-13-5-7-14(8-6-13)17-16(9-10-18-17)19-11-3-4-15(19)12-20-2/h5-10,15,18H,3-4,11-12H2,1-2H3/t15-/m0/s1. The molecule has 20 heavy (non-hydrogen) atoms. The molecule has 0 bridgehead atoms. The van der Waals surface area contributed by atoms with Crippen LogP contribution < -0.4 is 4.90 Å². The Hall–Kier alpha value is -1.74. The fraction of sp³-hybridized carbons (Fsp3) is 0.412. The average molecular weight is 270 g/mol. The molecule has 3 heteroatoms. The number of nitrogens with one attached hydrogen (secondary N) is 1. The molecule has 1 saturated heterocycles. The molecule has 3 rings (SSSR count). The number of H-pyrrole nitrogens is 1. The quantitative estimate of drug-likeness (QED) is 0.919. The smallest absolute Gasteiger partial charge is 0.0691 e. The summed E-state index contributed by atoms with van der Waals surface area (Å²) in [6.45, 7) is 4.04. The van der Waals surface area contributed by atoms with Crippen LogP contribution in [0, 0.1) is 6.92 Å². The van der Waals surface area contributed by atoms with Gasteiger partial charge < -0.3 is 14.6 Å². The molecule has 0 saturated carbocycles. The average Bonchev–Trinajstić information content (AvgIpc) is 3.08. The van der Waals surface area contributed by atoms with E-state index in [1.807, 2.05) is 6.20 Å². The summed E-state index contributed by atoms with van der Waals surface area (Å²) in [4.78, 5) is 5.88. The minimum atomic E-state index is 0.500. The van der Waals surface area contributed by atoms with Crippen molar-refractivity contribution < 1.29 is 4.74 Å². The highest BCUT2D eigenvalue weighted by Gasteiger charge is 2.26. The molecule has 1 aromatic heterocycles. The van der Waals surface area contributed by atoms with E-state index in [-0.39, 0.29) is 0 Å². The number of rotatable bonds is 4. The normalized spacial score (nSPS) is 18.7. The predicted molar refractivity (Wildman–Crippen MR) is 83.2 cm³/mol. The molecular weight excluding hydrogens is 248 g/mol. The van der Waals surface area contributed by atoms with Crippen molar-refractivity contribution in [2.75, 3.05) is 25.2 Å². The summed E-state index contributed by atoms with van der Waals surface area (Å²) in [5, 5.41) is 0. The van der Waals surface area contributed by atoms with E-state index in [0.717, 1.165) is 13.2 Å².